The van der Waals surface area contributed by atoms with Gasteiger partial charge in [0, 0.05) is 11.9 Å². The lowest BCUT2D eigenvalue weighted by molar-refractivity contribution is 0.201. The molecule has 0 saturated carbocycles. The minimum Gasteiger partial charge on any atom is -0.508 e. The maximum atomic E-state index is 11.3. The minimum atomic E-state index is -0.479. The molecule has 2 aromatic carbocycles. The van der Waals surface area contributed by atoms with Crippen molar-refractivity contribution < 1.29 is 14.6 Å². The highest BCUT2D eigenvalue weighted by Gasteiger charge is 2.06. The largest absolute Gasteiger partial charge is 0.508 e. The number of benzene rings is 2. The lowest BCUT2D eigenvalue weighted by atomic mass is 10.1. The second-order valence-electron chi connectivity index (χ2n) is 3.58. The summed E-state index contributed by atoms with van der Waals surface area (Å²) in [4.78, 5) is 11.3. The van der Waals surface area contributed by atoms with Crippen molar-refractivity contribution in [2.24, 2.45) is 0 Å². The van der Waals surface area contributed by atoms with E-state index in [1.807, 2.05) is 13.0 Å². The molecule has 88 valence electrons. The number of hydrogen-bond donors (Lipinski definition) is 2. The molecule has 0 bridgehead atoms. The summed E-state index contributed by atoms with van der Waals surface area (Å²) in [5, 5.41) is 13.5. The number of aromatic hydroxyl groups is 1. The number of carbonyl (C=O) groups excluding carboxylic acids is 1. The zero-order valence-corrected chi connectivity index (χ0v) is 9.43. The lowest BCUT2D eigenvalue weighted by Crippen LogP contribution is -2.26. The summed E-state index contributed by atoms with van der Waals surface area (Å²) in [5.74, 6) is 0.668. The number of ether oxygens (including phenoxy) is 1. The molecule has 0 saturated heterocycles. The first-order valence-electron chi connectivity index (χ1n) is 5.38. The predicted molar refractivity (Wildman–Crippen MR) is 65.3 cm³/mol. The van der Waals surface area contributed by atoms with Crippen LogP contribution in [-0.2, 0) is 0 Å². The van der Waals surface area contributed by atoms with Gasteiger partial charge in [-0.15, -0.1) is 0 Å². The summed E-state index contributed by atoms with van der Waals surface area (Å²) in [7, 11) is 0. The van der Waals surface area contributed by atoms with E-state index in [1.165, 1.54) is 0 Å². The van der Waals surface area contributed by atoms with Crippen LogP contribution in [0.25, 0.3) is 10.8 Å². The summed E-state index contributed by atoms with van der Waals surface area (Å²) in [6.45, 7) is 2.34. The molecule has 4 heteroatoms. The Morgan fingerprint density at radius 1 is 1.35 bits per heavy atom. The second-order valence-corrected chi connectivity index (χ2v) is 3.58. The zero-order chi connectivity index (χ0) is 12.3. The Hall–Kier alpha value is -2.23. The van der Waals surface area contributed by atoms with Crippen LogP contribution in [0.4, 0.5) is 4.79 Å². The van der Waals surface area contributed by atoms with Gasteiger partial charge in [-0.25, -0.2) is 4.79 Å². The highest BCUT2D eigenvalue weighted by atomic mass is 16.6. The van der Waals surface area contributed by atoms with Gasteiger partial charge in [0.2, 0.25) is 0 Å². The van der Waals surface area contributed by atoms with Crippen molar-refractivity contribution >= 4 is 16.9 Å². The van der Waals surface area contributed by atoms with Gasteiger partial charge in [-0.3, -0.25) is 0 Å². The summed E-state index contributed by atoms with van der Waals surface area (Å²) in [5.41, 5.74) is 0. The van der Waals surface area contributed by atoms with Crippen LogP contribution in [0.5, 0.6) is 11.5 Å². The van der Waals surface area contributed by atoms with E-state index in [0.29, 0.717) is 12.3 Å². The number of nitrogens with one attached hydrogen (secondary N) is 1. The Morgan fingerprint density at radius 3 is 2.94 bits per heavy atom. The Balaban J connectivity index is 2.37. The Bertz CT molecular complexity index is 551. The van der Waals surface area contributed by atoms with Gasteiger partial charge >= 0.3 is 6.09 Å². The van der Waals surface area contributed by atoms with Crippen LogP contribution in [0, 0.1) is 0 Å². The monoisotopic (exact) mass is 231 g/mol. The molecule has 0 radical (unpaired) electrons. The van der Waals surface area contributed by atoms with Crippen LogP contribution in [0.1, 0.15) is 6.92 Å². The highest BCUT2D eigenvalue weighted by Crippen LogP contribution is 2.28. The molecule has 1 amide bonds. The van der Waals surface area contributed by atoms with Crippen LogP contribution in [0.2, 0.25) is 0 Å². The van der Waals surface area contributed by atoms with E-state index in [0.717, 1.165) is 10.8 Å². The van der Waals surface area contributed by atoms with Gasteiger partial charge in [0.15, 0.2) is 0 Å². The summed E-state index contributed by atoms with van der Waals surface area (Å²) in [6, 6.07) is 10.2. The van der Waals surface area contributed by atoms with Gasteiger partial charge in [-0.1, -0.05) is 12.1 Å². The maximum absolute atomic E-state index is 11.3. The highest BCUT2D eigenvalue weighted by molar-refractivity contribution is 5.91. The topological polar surface area (TPSA) is 58.6 Å². The molecule has 0 atom stereocenters. The molecule has 2 aromatic rings. The zero-order valence-electron chi connectivity index (χ0n) is 9.43. The number of fused-ring (bicyclic) bond motifs is 1. The number of amides is 1. The van der Waals surface area contributed by atoms with Crippen molar-refractivity contribution in [3.05, 3.63) is 36.4 Å². The van der Waals surface area contributed by atoms with Crippen molar-refractivity contribution in [3.8, 4) is 11.5 Å². The molecule has 0 aliphatic heterocycles. The van der Waals surface area contributed by atoms with Gasteiger partial charge in [-0.2, -0.15) is 0 Å². The molecule has 2 N–H and O–H groups in total. The molecule has 0 aromatic heterocycles. The molecular formula is C13H13NO3. The predicted octanol–water partition coefficient (Wildman–Crippen LogP) is 2.65. The molecule has 0 aliphatic carbocycles. The summed E-state index contributed by atoms with van der Waals surface area (Å²) in [6.07, 6.45) is -0.479. The summed E-state index contributed by atoms with van der Waals surface area (Å²) < 4.78 is 5.18. The van der Waals surface area contributed by atoms with Gasteiger partial charge < -0.3 is 15.2 Å². The first-order chi connectivity index (χ1) is 8.20. The third-order valence-electron chi connectivity index (χ3n) is 2.35. The fraction of sp³-hybridized carbons (Fsp3) is 0.154. The van der Waals surface area contributed by atoms with Crippen LogP contribution in [0.3, 0.4) is 0 Å². The molecule has 0 aliphatic rings. The second kappa shape index (κ2) is 4.74. The first kappa shape index (κ1) is 11.3. The number of phenols is 1. The molecular weight excluding hydrogens is 218 g/mol. The van der Waals surface area contributed by atoms with E-state index in [1.54, 1.807) is 30.3 Å². The van der Waals surface area contributed by atoms with Crippen molar-refractivity contribution in [1.82, 2.24) is 5.32 Å². The molecule has 17 heavy (non-hydrogen) atoms. The fourth-order valence-electron chi connectivity index (χ4n) is 1.61. The minimum absolute atomic E-state index is 0.188. The van der Waals surface area contributed by atoms with Crippen LogP contribution >= 0.6 is 0 Å². The standard InChI is InChI=1S/C13H13NO3/c1-2-14-13(16)17-12-5-3-4-9-8-10(15)6-7-11(9)12/h3-8,15H,2H2,1H3,(H,14,16). The van der Waals surface area contributed by atoms with Crippen LogP contribution < -0.4 is 10.1 Å². The van der Waals surface area contributed by atoms with E-state index >= 15 is 0 Å². The molecule has 2 rings (SSSR count). The lowest BCUT2D eigenvalue weighted by Gasteiger charge is -2.08. The Labute approximate surface area is 98.8 Å². The Morgan fingerprint density at radius 2 is 2.18 bits per heavy atom. The third kappa shape index (κ3) is 2.47. The van der Waals surface area contributed by atoms with Crippen molar-refractivity contribution in [1.29, 1.82) is 0 Å². The number of carbonyl (C=O) groups is 1. The maximum Gasteiger partial charge on any atom is 0.412 e. The van der Waals surface area contributed by atoms with E-state index < -0.39 is 6.09 Å². The average Bonchev–Trinajstić information content (AvgIpc) is 2.29. The van der Waals surface area contributed by atoms with E-state index in [4.69, 9.17) is 4.74 Å². The number of phenolic OH excluding ortho intramolecular Hbond substituents is 1. The van der Waals surface area contributed by atoms with Crippen molar-refractivity contribution in [2.75, 3.05) is 6.54 Å². The molecule has 0 unspecified atom stereocenters. The van der Waals surface area contributed by atoms with Crippen LogP contribution in [0.15, 0.2) is 36.4 Å². The van der Waals surface area contributed by atoms with Crippen molar-refractivity contribution in [3.63, 3.8) is 0 Å². The van der Waals surface area contributed by atoms with Gasteiger partial charge in [0.25, 0.3) is 0 Å². The smallest absolute Gasteiger partial charge is 0.412 e. The molecule has 4 nitrogen and oxygen atoms in total. The first-order valence-corrected chi connectivity index (χ1v) is 5.38. The Kier molecular flexibility index (Phi) is 3.14. The van der Waals surface area contributed by atoms with E-state index in [9.17, 15) is 9.90 Å². The normalized spacial score (nSPS) is 10.2. The van der Waals surface area contributed by atoms with E-state index in [2.05, 4.69) is 5.32 Å². The third-order valence-corrected chi connectivity index (χ3v) is 2.35. The molecule has 0 heterocycles. The number of rotatable bonds is 2. The SMILES string of the molecule is CCNC(=O)Oc1cccc2cc(O)ccc12. The molecule has 0 fully saturated rings. The quantitative estimate of drug-likeness (QED) is 0.835. The van der Waals surface area contributed by atoms with Gasteiger partial charge in [0.05, 0.1) is 0 Å². The van der Waals surface area contributed by atoms with Gasteiger partial charge in [-0.05, 0) is 36.6 Å². The molecule has 0 spiro atoms. The fourth-order valence-corrected chi connectivity index (χ4v) is 1.61. The number of hydrogen-bond acceptors (Lipinski definition) is 3. The van der Waals surface area contributed by atoms with Gasteiger partial charge in [0.1, 0.15) is 11.5 Å². The van der Waals surface area contributed by atoms with Crippen LogP contribution in [-0.4, -0.2) is 17.7 Å². The summed E-state index contributed by atoms with van der Waals surface area (Å²) >= 11 is 0. The average molecular weight is 231 g/mol. The van der Waals surface area contributed by atoms with Crippen molar-refractivity contribution in [2.45, 2.75) is 6.92 Å². The van der Waals surface area contributed by atoms with E-state index in [-0.39, 0.29) is 5.75 Å².